The number of alkyl halides is 1. The molecular weight excluding hydrogens is 397 g/mol. The zero-order valence-electron chi connectivity index (χ0n) is 19.0. The van der Waals surface area contributed by atoms with Crippen molar-refractivity contribution in [2.45, 2.75) is 77.5 Å². The van der Waals surface area contributed by atoms with Crippen LogP contribution in [0, 0.1) is 34.5 Å². The van der Waals surface area contributed by atoms with Gasteiger partial charge in [-0.1, -0.05) is 24.2 Å². The molecule has 7 heteroatoms. The molecule has 0 amide bonds. The van der Waals surface area contributed by atoms with E-state index in [9.17, 15) is 4.79 Å². The van der Waals surface area contributed by atoms with Crippen LogP contribution in [-0.4, -0.2) is 49.7 Å². The lowest BCUT2D eigenvalue weighted by atomic mass is 9.44. The Kier molecular flexibility index (Phi) is 5.39. The van der Waals surface area contributed by atoms with Crippen LogP contribution in [0.3, 0.4) is 0 Å². The van der Waals surface area contributed by atoms with Crippen LogP contribution in [-0.2, 0) is 14.5 Å². The van der Waals surface area contributed by atoms with Crippen LogP contribution < -0.4 is 5.32 Å². The van der Waals surface area contributed by atoms with E-state index in [1.54, 1.807) is 7.11 Å². The second-order valence-corrected chi connectivity index (χ2v) is 11.0. The number of carbonyl (C=O) groups is 1. The minimum Gasteiger partial charge on any atom is -0.399 e. The van der Waals surface area contributed by atoms with E-state index in [2.05, 4.69) is 22.6 Å². The fraction of sp³-hybridized carbons (Fsp3) is 0.875. The third-order valence-corrected chi connectivity index (χ3v) is 9.48. The van der Waals surface area contributed by atoms with E-state index in [-0.39, 0.29) is 41.0 Å². The predicted molar refractivity (Wildman–Crippen MR) is 117 cm³/mol. The summed E-state index contributed by atoms with van der Waals surface area (Å²) in [6, 6.07) is 0. The lowest BCUT2D eigenvalue weighted by molar-refractivity contribution is -0.141. The highest BCUT2D eigenvalue weighted by Crippen LogP contribution is 2.65. The van der Waals surface area contributed by atoms with Gasteiger partial charge < -0.3 is 15.0 Å². The molecule has 0 aromatic heterocycles. The molecular formula is C24H36FN3O3. The quantitative estimate of drug-likeness (QED) is 0.686. The first-order valence-electron chi connectivity index (χ1n) is 12.1. The van der Waals surface area contributed by atoms with Gasteiger partial charge in [0.2, 0.25) is 0 Å². The summed E-state index contributed by atoms with van der Waals surface area (Å²) in [5, 5.41) is 12.3. The Labute approximate surface area is 184 Å². The molecule has 1 N–H and O–H groups in total. The zero-order chi connectivity index (χ0) is 21.8. The van der Waals surface area contributed by atoms with E-state index in [0.717, 1.165) is 63.0 Å². The zero-order valence-corrected chi connectivity index (χ0v) is 19.0. The van der Waals surface area contributed by atoms with Crippen molar-refractivity contribution in [2.75, 3.05) is 20.2 Å². The van der Waals surface area contributed by atoms with Crippen molar-refractivity contribution in [3.05, 3.63) is 0 Å². The van der Waals surface area contributed by atoms with Crippen molar-refractivity contribution in [1.29, 1.82) is 0 Å². The van der Waals surface area contributed by atoms with Crippen molar-refractivity contribution in [3.8, 4) is 0 Å². The molecule has 8 atom stereocenters. The van der Waals surface area contributed by atoms with E-state index >= 15 is 4.39 Å². The van der Waals surface area contributed by atoms with Crippen molar-refractivity contribution in [2.24, 2.45) is 44.8 Å². The fourth-order valence-electron chi connectivity index (χ4n) is 7.88. The molecule has 1 heterocycles. The third-order valence-electron chi connectivity index (χ3n) is 9.48. The summed E-state index contributed by atoms with van der Waals surface area (Å²) < 4.78 is 15.9. The van der Waals surface area contributed by atoms with Gasteiger partial charge in [0.05, 0.1) is 11.4 Å². The molecule has 6 nitrogen and oxygen atoms in total. The van der Waals surface area contributed by atoms with Gasteiger partial charge >= 0.3 is 0 Å². The highest BCUT2D eigenvalue weighted by molar-refractivity contribution is 5.96. The van der Waals surface area contributed by atoms with Crippen molar-refractivity contribution < 1.29 is 18.9 Å². The molecule has 4 saturated carbocycles. The molecule has 0 radical (unpaired) electrons. The average Bonchev–Trinajstić information content (AvgIpc) is 3.35. The van der Waals surface area contributed by atoms with Gasteiger partial charge in [0.25, 0.3) is 0 Å². The molecule has 4 aliphatic carbocycles. The monoisotopic (exact) mass is 433 g/mol. The Bertz CT molecular complexity index is 795. The van der Waals surface area contributed by atoms with E-state index in [4.69, 9.17) is 9.68 Å². The summed E-state index contributed by atoms with van der Waals surface area (Å²) in [7, 11) is 1.59. The maximum Gasteiger partial charge on any atom is 0.141 e. The number of ketones is 1. The van der Waals surface area contributed by atoms with Crippen molar-refractivity contribution in [1.82, 2.24) is 5.32 Å². The van der Waals surface area contributed by atoms with Gasteiger partial charge in [-0.25, -0.2) is 4.39 Å². The summed E-state index contributed by atoms with van der Waals surface area (Å²) in [6.07, 6.45) is 5.27. The summed E-state index contributed by atoms with van der Waals surface area (Å²) in [6.45, 7) is 6.09. The first-order valence-corrected chi connectivity index (χ1v) is 12.1. The number of oxime groups is 2. The Hall–Kier alpha value is -1.50. The summed E-state index contributed by atoms with van der Waals surface area (Å²) in [5.41, 5.74) is 1.38. The molecule has 0 bridgehead atoms. The molecule has 0 aromatic rings. The van der Waals surface area contributed by atoms with Crippen LogP contribution in [0.25, 0.3) is 0 Å². The number of nitrogens with zero attached hydrogens (tertiary/aromatic N) is 2. The minimum atomic E-state index is -0.941. The number of nitrogens with one attached hydrogen (secondary N) is 1. The number of fused-ring (bicyclic) bond motifs is 5. The second-order valence-electron chi connectivity index (χ2n) is 11.0. The average molecular weight is 434 g/mol. The van der Waals surface area contributed by atoms with Crippen LogP contribution in [0.4, 0.5) is 4.39 Å². The van der Waals surface area contributed by atoms with Crippen LogP contribution in [0.15, 0.2) is 10.3 Å². The summed E-state index contributed by atoms with van der Waals surface area (Å²) >= 11 is 0. The number of hydrogen-bond donors (Lipinski definition) is 1. The lowest BCUT2D eigenvalue weighted by Gasteiger charge is -2.60. The van der Waals surface area contributed by atoms with E-state index in [1.807, 2.05) is 6.92 Å². The number of halogens is 1. The number of hydrogen-bond acceptors (Lipinski definition) is 6. The van der Waals surface area contributed by atoms with Crippen LogP contribution in [0.5, 0.6) is 0 Å². The maximum atomic E-state index is 15.9. The van der Waals surface area contributed by atoms with E-state index in [1.165, 1.54) is 0 Å². The van der Waals surface area contributed by atoms with E-state index in [0.29, 0.717) is 12.8 Å². The smallest absolute Gasteiger partial charge is 0.141 e. The van der Waals surface area contributed by atoms with Gasteiger partial charge in [-0.2, -0.15) is 0 Å². The maximum absolute atomic E-state index is 15.9. The van der Waals surface area contributed by atoms with Crippen LogP contribution in [0.1, 0.15) is 65.2 Å². The SMILES string of the molecule is CO/N=C1\CC2C(C(F)C[C@]3(C)C(=O)CCC23)[C@@]2(C)CCC(=NOC3CCNC3)CC12. The predicted octanol–water partition coefficient (Wildman–Crippen LogP) is 3.89. The lowest BCUT2D eigenvalue weighted by Crippen LogP contribution is -2.60. The minimum absolute atomic E-state index is 0.0289. The fourth-order valence-corrected chi connectivity index (χ4v) is 7.88. The molecule has 6 unspecified atom stereocenters. The van der Waals surface area contributed by atoms with Crippen LogP contribution >= 0.6 is 0 Å². The largest absolute Gasteiger partial charge is 0.399 e. The standard InChI is InChI=1S/C24H36FN3O3/c1-23-8-6-14(27-31-15-7-9-26-13-15)10-18(23)20(28-30-3)11-16-17-4-5-21(29)24(17,2)12-19(25)22(16)23/h15-19,22,26H,4-13H2,1-3H3/b27-14?,28-20+/t15?,16?,17?,18?,19?,22?,23-,24-/m0/s1. The number of carbonyl (C=O) groups excluding carboxylic acids is 1. The Balaban J connectivity index is 1.44. The van der Waals surface area contributed by atoms with Gasteiger partial charge in [0.15, 0.2) is 0 Å². The second kappa shape index (κ2) is 7.82. The molecule has 5 aliphatic rings. The highest BCUT2D eigenvalue weighted by atomic mass is 19.1. The molecule has 0 aromatic carbocycles. The molecule has 31 heavy (non-hydrogen) atoms. The topological polar surface area (TPSA) is 72.3 Å². The normalized spacial score (nSPS) is 49.6. The Morgan fingerprint density at radius 2 is 2.00 bits per heavy atom. The summed E-state index contributed by atoms with van der Waals surface area (Å²) in [4.78, 5) is 23.8. The van der Waals surface area contributed by atoms with Crippen molar-refractivity contribution >= 4 is 17.2 Å². The van der Waals surface area contributed by atoms with Gasteiger partial charge in [0, 0.05) is 30.7 Å². The first-order chi connectivity index (χ1) is 14.9. The Morgan fingerprint density at radius 1 is 1.16 bits per heavy atom. The van der Waals surface area contributed by atoms with Gasteiger partial charge in [-0.3, -0.25) is 4.79 Å². The third kappa shape index (κ3) is 3.33. The molecule has 0 spiro atoms. The van der Waals surface area contributed by atoms with Gasteiger partial charge in [0.1, 0.15) is 25.2 Å². The van der Waals surface area contributed by atoms with Gasteiger partial charge in [-0.05, 0) is 68.2 Å². The highest BCUT2D eigenvalue weighted by Gasteiger charge is 2.65. The van der Waals surface area contributed by atoms with Crippen LogP contribution in [0.2, 0.25) is 0 Å². The summed E-state index contributed by atoms with van der Waals surface area (Å²) in [5.74, 6) is 0.762. The molecule has 5 fully saturated rings. The van der Waals surface area contributed by atoms with Gasteiger partial charge in [-0.15, -0.1) is 0 Å². The van der Waals surface area contributed by atoms with E-state index < -0.39 is 11.6 Å². The molecule has 5 rings (SSSR count). The first kappa shape index (κ1) is 21.4. The number of rotatable bonds is 3. The molecule has 1 saturated heterocycles. The van der Waals surface area contributed by atoms with Crippen molar-refractivity contribution in [3.63, 3.8) is 0 Å². The number of Topliss-reactive ketones (excluding diaryl/α,β-unsaturated/α-hetero) is 1. The Morgan fingerprint density at radius 3 is 2.74 bits per heavy atom. The molecule has 1 aliphatic heterocycles. The molecule has 172 valence electrons.